The van der Waals surface area contributed by atoms with Gasteiger partial charge in [0.2, 0.25) is 0 Å². The van der Waals surface area contributed by atoms with E-state index in [-0.39, 0.29) is 0 Å². The summed E-state index contributed by atoms with van der Waals surface area (Å²) >= 11 is 0. The van der Waals surface area contributed by atoms with Crippen LogP contribution in [-0.2, 0) is 10.1 Å². The Morgan fingerprint density at radius 2 is 1.47 bits per heavy atom. The van der Waals surface area contributed by atoms with Crippen molar-refractivity contribution in [2.75, 3.05) is 6.26 Å². The first-order chi connectivity index (χ1) is 7.90. The third kappa shape index (κ3) is 7.80. The van der Waals surface area contributed by atoms with Crippen molar-refractivity contribution in [2.24, 2.45) is 0 Å². The fourth-order valence-electron chi connectivity index (χ4n) is 0.978. The molecule has 100 valence electrons. The number of benzene rings is 1. The van der Waals surface area contributed by atoms with E-state index in [4.69, 9.17) is 4.18 Å². The SMILES string of the molecule is CC.CC.Cc1cccc(OS(C)(=O)=O)c1C. The van der Waals surface area contributed by atoms with Crippen molar-refractivity contribution in [1.82, 2.24) is 0 Å². The van der Waals surface area contributed by atoms with E-state index in [1.165, 1.54) is 0 Å². The van der Waals surface area contributed by atoms with Crippen molar-refractivity contribution in [3.8, 4) is 5.75 Å². The second-order valence-electron chi connectivity index (χ2n) is 2.99. The van der Waals surface area contributed by atoms with Crippen molar-refractivity contribution in [2.45, 2.75) is 41.5 Å². The molecule has 0 unspecified atom stereocenters. The summed E-state index contributed by atoms with van der Waals surface area (Å²) in [6, 6.07) is 5.32. The normalized spacial score (nSPS) is 9.35. The standard InChI is InChI=1S/C9H12O3S.2C2H6/c1-7-5-4-6-9(8(7)2)12-13(3,10)11;2*1-2/h4-6H,1-3H3;2*1-2H3. The Bertz CT molecular complexity index is 409. The summed E-state index contributed by atoms with van der Waals surface area (Å²) in [5, 5.41) is 0. The second kappa shape index (κ2) is 9.05. The summed E-state index contributed by atoms with van der Waals surface area (Å²) in [5.74, 6) is 0.405. The third-order valence-corrected chi connectivity index (χ3v) is 2.28. The zero-order valence-corrected chi connectivity index (χ0v) is 12.7. The van der Waals surface area contributed by atoms with E-state index in [9.17, 15) is 8.42 Å². The summed E-state index contributed by atoms with van der Waals surface area (Å²) < 4.78 is 26.5. The highest BCUT2D eigenvalue weighted by molar-refractivity contribution is 7.86. The van der Waals surface area contributed by atoms with E-state index < -0.39 is 10.1 Å². The van der Waals surface area contributed by atoms with Crippen LogP contribution in [0.25, 0.3) is 0 Å². The van der Waals surface area contributed by atoms with Crippen LogP contribution in [-0.4, -0.2) is 14.7 Å². The first-order valence-electron chi connectivity index (χ1n) is 5.86. The third-order valence-electron chi connectivity index (χ3n) is 1.80. The molecule has 1 aromatic rings. The minimum atomic E-state index is -3.42. The Kier molecular flexibility index (Phi) is 9.76. The van der Waals surface area contributed by atoms with E-state index in [1.807, 2.05) is 47.6 Å². The largest absolute Gasteiger partial charge is 0.382 e. The van der Waals surface area contributed by atoms with Crippen LogP contribution in [0.3, 0.4) is 0 Å². The van der Waals surface area contributed by atoms with Crippen LogP contribution >= 0.6 is 0 Å². The van der Waals surface area contributed by atoms with Crippen LogP contribution in [0, 0.1) is 13.8 Å². The quantitative estimate of drug-likeness (QED) is 0.762. The highest BCUT2D eigenvalue weighted by atomic mass is 32.2. The summed E-state index contributed by atoms with van der Waals surface area (Å²) in [6.45, 7) is 11.7. The van der Waals surface area contributed by atoms with Gasteiger partial charge in [0.1, 0.15) is 5.75 Å². The molecule has 0 amide bonds. The van der Waals surface area contributed by atoms with Gasteiger partial charge < -0.3 is 4.18 Å². The zero-order chi connectivity index (χ0) is 14.1. The van der Waals surface area contributed by atoms with E-state index in [2.05, 4.69) is 0 Å². The predicted octanol–water partition coefficient (Wildman–Crippen LogP) is 3.69. The number of aryl methyl sites for hydroxylation is 1. The molecule has 0 radical (unpaired) electrons. The smallest absolute Gasteiger partial charge is 0.306 e. The molecule has 0 aliphatic rings. The Hall–Kier alpha value is -1.03. The molecule has 3 nitrogen and oxygen atoms in total. The molecule has 0 spiro atoms. The van der Waals surface area contributed by atoms with Gasteiger partial charge in [-0.2, -0.15) is 8.42 Å². The average molecular weight is 260 g/mol. The molecule has 0 bridgehead atoms. The van der Waals surface area contributed by atoms with Gasteiger partial charge in [-0.15, -0.1) is 0 Å². The van der Waals surface area contributed by atoms with Crippen molar-refractivity contribution < 1.29 is 12.6 Å². The van der Waals surface area contributed by atoms with Gasteiger partial charge in [0.05, 0.1) is 6.26 Å². The number of hydrogen-bond acceptors (Lipinski definition) is 3. The number of rotatable bonds is 2. The average Bonchev–Trinajstić information content (AvgIpc) is 2.29. The zero-order valence-electron chi connectivity index (χ0n) is 11.9. The van der Waals surface area contributed by atoms with Crippen molar-refractivity contribution in [1.29, 1.82) is 0 Å². The first-order valence-corrected chi connectivity index (χ1v) is 7.67. The van der Waals surface area contributed by atoms with Crippen LogP contribution in [0.1, 0.15) is 38.8 Å². The molecule has 0 aliphatic heterocycles. The molecule has 0 aromatic heterocycles. The lowest BCUT2D eigenvalue weighted by Crippen LogP contribution is -2.07. The van der Waals surface area contributed by atoms with Gasteiger partial charge in [-0.1, -0.05) is 39.8 Å². The van der Waals surface area contributed by atoms with Crippen molar-refractivity contribution in [3.63, 3.8) is 0 Å². The van der Waals surface area contributed by atoms with Gasteiger partial charge in [0.25, 0.3) is 0 Å². The molecule has 1 rings (SSSR count). The molecule has 0 N–H and O–H groups in total. The Balaban J connectivity index is 0. The maximum Gasteiger partial charge on any atom is 0.306 e. The van der Waals surface area contributed by atoms with E-state index in [0.717, 1.165) is 17.4 Å². The lowest BCUT2D eigenvalue weighted by Gasteiger charge is -2.07. The van der Waals surface area contributed by atoms with Gasteiger partial charge in [-0.25, -0.2) is 0 Å². The van der Waals surface area contributed by atoms with Crippen molar-refractivity contribution in [3.05, 3.63) is 29.3 Å². The van der Waals surface area contributed by atoms with E-state index in [0.29, 0.717) is 5.75 Å². The summed E-state index contributed by atoms with van der Waals surface area (Å²) in [7, 11) is -3.42. The van der Waals surface area contributed by atoms with Crippen LogP contribution in [0.4, 0.5) is 0 Å². The highest BCUT2D eigenvalue weighted by Crippen LogP contribution is 2.21. The summed E-state index contributed by atoms with van der Waals surface area (Å²) in [6.07, 6.45) is 1.04. The molecule has 0 saturated carbocycles. The molecule has 0 atom stereocenters. The maximum absolute atomic E-state index is 10.8. The van der Waals surface area contributed by atoms with Crippen LogP contribution < -0.4 is 4.18 Å². The minimum Gasteiger partial charge on any atom is -0.382 e. The van der Waals surface area contributed by atoms with E-state index in [1.54, 1.807) is 12.1 Å². The van der Waals surface area contributed by atoms with Gasteiger partial charge in [0, 0.05) is 0 Å². The maximum atomic E-state index is 10.8. The Morgan fingerprint density at radius 1 is 1.00 bits per heavy atom. The molecule has 0 heterocycles. The van der Waals surface area contributed by atoms with Gasteiger partial charge in [-0.3, -0.25) is 0 Å². The molecular formula is C13H24O3S. The lowest BCUT2D eigenvalue weighted by molar-refractivity contribution is 0.491. The Labute approximate surface area is 106 Å². The van der Waals surface area contributed by atoms with Crippen molar-refractivity contribution >= 4 is 10.1 Å². The molecule has 0 saturated heterocycles. The second-order valence-corrected chi connectivity index (χ2v) is 4.56. The molecule has 4 heteroatoms. The Morgan fingerprint density at radius 3 is 1.88 bits per heavy atom. The van der Waals surface area contributed by atoms with Crippen LogP contribution in [0.5, 0.6) is 5.75 Å². The highest BCUT2D eigenvalue weighted by Gasteiger charge is 2.07. The lowest BCUT2D eigenvalue weighted by atomic mass is 10.1. The monoisotopic (exact) mass is 260 g/mol. The molecular weight excluding hydrogens is 236 g/mol. The topological polar surface area (TPSA) is 43.4 Å². The number of hydrogen-bond donors (Lipinski definition) is 0. The fourth-order valence-corrected chi connectivity index (χ4v) is 1.48. The molecule has 1 aromatic carbocycles. The van der Waals surface area contributed by atoms with Crippen LogP contribution in [0.2, 0.25) is 0 Å². The first kappa shape index (κ1) is 18.3. The molecule has 0 fully saturated rings. The van der Waals surface area contributed by atoms with Gasteiger partial charge in [0.15, 0.2) is 0 Å². The minimum absolute atomic E-state index is 0.405. The predicted molar refractivity (Wildman–Crippen MR) is 74.1 cm³/mol. The molecule has 17 heavy (non-hydrogen) atoms. The van der Waals surface area contributed by atoms with E-state index >= 15 is 0 Å². The van der Waals surface area contributed by atoms with Gasteiger partial charge >= 0.3 is 10.1 Å². The van der Waals surface area contributed by atoms with Gasteiger partial charge in [-0.05, 0) is 31.0 Å². The van der Waals surface area contributed by atoms with Crippen LogP contribution in [0.15, 0.2) is 18.2 Å². The summed E-state index contributed by atoms with van der Waals surface area (Å²) in [4.78, 5) is 0. The fraction of sp³-hybridized carbons (Fsp3) is 0.538. The molecule has 0 aliphatic carbocycles. The summed E-state index contributed by atoms with van der Waals surface area (Å²) in [5.41, 5.74) is 1.87.